The second-order valence-corrected chi connectivity index (χ2v) is 5.51. The molecular weight excluding hydrogens is 308 g/mol. The van der Waals surface area contributed by atoms with Gasteiger partial charge < -0.3 is 15.6 Å². The van der Waals surface area contributed by atoms with Gasteiger partial charge in [0.05, 0.1) is 12.8 Å². The number of hydrogen-bond acceptors (Lipinski definition) is 5. The van der Waals surface area contributed by atoms with Crippen molar-refractivity contribution in [2.45, 2.75) is 6.42 Å². The Morgan fingerprint density at radius 3 is 2.58 bits per heavy atom. The van der Waals surface area contributed by atoms with E-state index in [0.29, 0.717) is 17.7 Å². The summed E-state index contributed by atoms with van der Waals surface area (Å²) in [5, 5.41) is 9.25. The predicted molar refractivity (Wildman–Crippen MR) is 89.0 cm³/mol. The van der Waals surface area contributed by atoms with Gasteiger partial charge in [0, 0.05) is 5.56 Å². The second-order valence-electron chi connectivity index (χ2n) is 5.51. The molecule has 2 aromatic rings. The number of hydrogen-bond donors (Lipinski definition) is 2. The molecule has 0 saturated carbocycles. The van der Waals surface area contributed by atoms with Crippen molar-refractivity contribution in [1.29, 1.82) is 0 Å². The summed E-state index contributed by atoms with van der Waals surface area (Å²) >= 11 is 0. The smallest absolute Gasteiger partial charge is 0.322 e. The van der Waals surface area contributed by atoms with E-state index in [1.54, 1.807) is 25.3 Å². The van der Waals surface area contributed by atoms with Gasteiger partial charge in [0.2, 0.25) is 0 Å². The van der Waals surface area contributed by atoms with Gasteiger partial charge in [0.15, 0.2) is 11.7 Å². The molecule has 1 aliphatic rings. The van der Waals surface area contributed by atoms with Gasteiger partial charge in [-0.1, -0.05) is 24.3 Å². The minimum absolute atomic E-state index is 0.179. The molecule has 0 bridgehead atoms. The predicted octanol–water partition coefficient (Wildman–Crippen LogP) is 2.17. The lowest BCUT2D eigenvalue weighted by Crippen LogP contribution is -2.39. The highest BCUT2D eigenvalue weighted by molar-refractivity contribution is 6.27. The highest BCUT2D eigenvalue weighted by Gasteiger charge is 2.37. The van der Waals surface area contributed by atoms with Crippen LogP contribution in [0.25, 0.3) is 0 Å². The molecule has 0 amide bonds. The lowest BCUT2D eigenvalue weighted by Gasteiger charge is -2.20. The van der Waals surface area contributed by atoms with E-state index in [4.69, 9.17) is 10.5 Å². The Labute approximate surface area is 138 Å². The monoisotopic (exact) mass is 324 g/mol. The van der Waals surface area contributed by atoms with Gasteiger partial charge in [0.1, 0.15) is 11.6 Å². The Kier molecular flexibility index (Phi) is 4.04. The average Bonchev–Trinajstić information content (AvgIpc) is 2.55. The van der Waals surface area contributed by atoms with Crippen LogP contribution in [-0.4, -0.2) is 29.8 Å². The van der Waals surface area contributed by atoms with Crippen LogP contribution in [-0.2, 0) is 11.2 Å². The van der Waals surface area contributed by atoms with Crippen LogP contribution in [0.3, 0.4) is 0 Å². The van der Waals surface area contributed by atoms with Gasteiger partial charge in [-0.3, -0.25) is 9.59 Å². The van der Waals surface area contributed by atoms with Crippen LogP contribution in [0.4, 0.5) is 5.69 Å². The topological polar surface area (TPSA) is 102 Å². The van der Waals surface area contributed by atoms with Crippen LogP contribution >= 0.6 is 0 Å². The summed E-state index contributed by atoms with van der Waals surface area (Å²) in [5.41, 5.74) is 8.11. The number of benzene rings is 2. The standard InChI is InChI=1S/C18H16N2O4/c1-24-12-7-5-10(6-8-12)9-11-3-2-4-13-14(11)16(21)15(18(22)23)17(19)20-13/h2-8,15H,9H2,1H3,(H2,19,20)(H,22,23). The van der Waals surface area contributed by atoms with Crippen LogP contribution in [0.5, 0.6) is 5.75 Å². The van der Waals surface area contributed by atoms with Crippen LogP contribution in [0.2, 0.25) is 0 Å². The highest BCUT2D eigenvalue weighted by atomic mass is 16.5. The second kappa shape index (κ2) is 6.16. The Morgan fingerprint density at radius 2 is 1.96 bits per heavy atom. The molecule has 1 atom stereocenters. The van der Waals surface area contributed by atoms with Crippen molar-refractivity contribution in [2.24, 2.45) is 16.6 Å². The van der Waals surface area contributed by atoms with E-state index in [0.717, 1.165) is 16.9 Å². The Balaban J connectivity index is 2.01. The molecule has 0 saturated heterocycles. The Morgan fingerprint density at radius 1 is 1.25 bits per heavy atom. The van der Waals surface area contributed by atoms with Crippen LogP contribution in [0, 0.1) is 5.92 Å². The van der Waals surface area contributed by atoms with Crippen molar-refractivity contribution in [3.8, 4) is 5.75 Å². The van der Waals surface area contributed by atoms with E-state index in [9.17, 15) is 14.7 Å². The molecule has 0 fully saturated rings. The first-order valence-corrected chi connectivity index (χ1v) is 7.37. The maximum Gasteiger partial charge on any atom is 0.322 e. The normalized spacial score (nSPS) is 16.3. The Bertz CT molecular complexity index is 841. The van der Waals surface area contributed by atoms with Crippen molar-refractivity contribution < 1.29 is 19.4 Å². The number of rotatable bonds is 4. The molecule has 2 aromatic carbocycles. The summed E-state index contributed by atoms with van der Waals surface area (Å²) in [7, 11) is 1.59. The average molecular weight is 324 g/mol. The lowest BCUT2D eigenvalue weighted by molar-refractivity contribution is -0.138. The first kappa shape index (κ1) is 15.7. The molecule has 122 valence electrons. The summed E-state index contributed by atoms with van der Waals surface area (Å²) in [5.74, 6) is -2.66. The zero-order valence-electron chi connectivity index (χ0n) is 13.0. The number of carboxylic acids is 1. The van der Waals surface area contributed by atoms with E-state index in [1.807, 2.05) is 24.3 Å². The van der Waals surface area contributed by atoms with Gasteiger partial charge in [-0.2, -0.15) is 0 Å². The molecule has 6 nitrogen and oxygen atoms in total. The molecule has 1 aliphatic heterocycles. The fraction of sp³-hybridized carbons (Fsp3) is 0.167. The van der Waals surface area contributed by atoms with Crippen LogP contribution in [0.1, 0.15) is 21.5 Å². The highest BCUT2D eigenvalue weighted by Crippen LogP contribution is 2.32. The minimum Gasteiger partial charge on any atom is -0.497 e. The number of nitrogens with two attached hydrogens (primary N) is 1. The van der Waals surface area contributed by atoms with Gasteiger partial charge >= 0.3 is 5.97 Å². The number of aliphatic imine (C=N–C) groups is 1. The van der Waals surface area contributed by atoms with Gasteiger partial charge in [-0.05, 0) is 35.7 Å². The maximum atomic E-state index is 12.6. The third-order valence-corrected chi connectivity index (χ3v) is 3.98. The molecule has 1 unspecified atom stereocenters. The summed E-state index contributed by atoms with van der Waals surface area (Å²) in [6.07, 6.45) is 0.487. The number of ether oxygens (including phenoxy) is 1. The number of ketones is 1. The first-order chi connectivity index (χ1) is 11.5. The molecule has 3 rings (SSSR count). The summed E-state index contributed by atoms with van der Waals surface area (Å²) in [6, 6.07) is 12.7. The van der Waals surface area contributed by atoms with E-state index in [1.165, 1.54) is 0 Å². The number of nitrogens with zero attached hydrogens (tertiary/aromatic N) is 1. The molecule has 24 heavy (non-hydrogen) atoms. The van der Waals surface area contributed by atoms with E-state index in [2.05, 4.69) is 4.99 Å². The van der Waals surface area contributed by atoms with Crippen LogP contribution in [0.15, 0.2) is 47.5 Å². The molecular formula is C18H16N2O4. The zero-order valence-corrected chi connectivity index (χ0v) is 13.0. The van der Waals surface area contributed by atoms with Crippen molar-refractivity contribution in [2.75, 3.05) is 7.11 Å². The third-order valence-electron chi connectivity index (χ3n) is 3.98. The first-order valence-electron chi connectivity index (χ1n) is 7.37. The largest absolute Gasteiger partial charge is 0.497 e. The van der Waals surface area contributed by atoms with Crippen LogP contribution < -0.4 is 10.5 Å². The number of Topliss-reactive ketones (excluding diaryl/α,β-unsaturated/α-hetero) is 1. The molecule has 0 aromatic heterocycles. The molecule has 0 spiro atoms. The summed E-state index contributed by atoms with van der Waals surface area (Å²) < 4.78 is 5.13. The van der Waals surface area contributed by atoms with Crippen molar-refractivity contribution >= 4 is 23.3 Å². The summed E-state index contributed by atoms with van der Waals surface area (Å²) in [6.45, 7) is 0. The van der Waals surface area contributed by atoms with E-state index in [-0.39, 0.29) is 5.84 Å². The number of carbonyl (C=O) groups is 2. The quantitative estimate of drug-likeness (QED) is 0.839. The maximum absolute atomic E-state index is 12.6. The molecule has 3 N–H and O–H groups in total. The number of amidine groups is 1. The fourth-order valence-electron chi connectivity index (χ4n) is 2.80. The number of carboxylic acid groups (broad SMARTS) is 1. The lowest BCUT2D eigenvalue weighted by atomic mass is 9.87. The summed E-state index contributed by atoms with van der Waals surface area (Å²) in [4.78, 5) is 28.0. The molecule has 0 radical (unpaired) electrons. The molecule has 6 heteroatoms. The van der Waals surface area contributed by atoms with Gasteiger partial charge in [-0.15, -0.1) is 0 Å². The van der Waals surface area contributed by atoms with Crippen molar-refractivity contribution in [3.05, 3.63) is 59.2 Å². The Hall–Kier alpha value is -3.15. The minimum atomic E-state index is -1.42. The third kappa shape index (κ3) is 2.74. The van der Waals surface area contributed by atoms with Crippen molar-refractivity contribution in [1.82, 2.24) is 0 Å². The van der Waals surface area contributed by atoms with E-state index < -0.39 is 17.7 Å². The van der Waals surface area contributed by atoms with Gasteiger partial charge in [0.25, 0.3) is 0 Å². The molecule has 0 aliphatic carbocycles. The zero-order chi connectivity index (χ0) is 17.3. The number of aliphatic carboxylic acids is 1. The van der Waals surface area contributed by atoms with Crippen molar-refractivity contribution in [3.63, 3.8) is 0 Å². The van der Waals surface area contributed by atoms with Gasteiger partial charge in [-0.25, -0.2) is 4.99 Å². The number of methoxy groups -OCH3 is 1. The van der Waals surface area contributed by atoms with E-state index >= 15 is 0 Å². The number of carbonyl (C=O) groups excluding carboxylic acids is 1. The number of fused-ring (bicyclic) bond motifs is 1. The molecule has 1 heterocycles. The fourth-order valence-corrected chi connectivity index (χ4v) is 2.80. The SMILES string of the molecule is COc1ccc(Cc2cccc3c2C(=O)C(C(=O)O)C(N)=N3)cc1.